The van der Waals surface area contributed by atoms with Gasteiger partial charge in [0.05, 0.1) is 18.5 Å². The van der Waals surface area contributed by atoms with E-state index in [-0.39, 0.29) is 5.75 Å². The van der Waals surface area contributed by atoms with Gasteiger partial charge in [0.1, 0.15) is 5.75 Å². The highest BCUT2D eigenvalue weighted by Gasteiger charge is 2.31. The van der Waals surface area contributed by atoms with Gasteiger partial charge in [-0.2, -0.15) is 0 Å². The molecule has 0 aliphatic rings. The van der Waals surface area contributed by atoms with Crippen molar-refractivity contribution in [2.24, 2.45) is 0 Å². The van der Waals surface area contributed by atoms with Crippen LogP contribution in [0.25, 0.3) is 16.9 Å². The number of aromatic nitrogens is 3. The van der Waals surface area contributed by atoms with E-state index >= 15 is 0 Å². The van der Waals surface area contributed by atoms with Crippen molar-refractivity contribution in [2.75, 3.05) is 20.2 Å². The molecule has 0 bridgehead atoms. The van der Waals surface area contributed by atoms with Gasteiger partial charge in [-0.05, 0) is 44.6 Å². The highest BCUT2D eigenvalue weighted by atomic mass is 19.4. The van der Waals surface area contributed by atoms with Crippen LogP contribution in [0.15, 0.2) is 42.6 Å². The van der Waals surface area contributed by atoms with Crippen LogP contribution in [0.3, 0.4) is 0 Å². The molecule has 0 saturated heterocycles. The van der Waals surface area contributed by atoms with E-state index in [9.17, 15) is 13.2 Å². The first-order valence-electron chi connectivity index (χ1n) is 8.44. The minimum absolute atomic E-state index is 0.299. The van der Waals surface area contributed by atoms with Crippen LogP contribution >= 0.6 is 0 Å². The Morgan fingerprint density at radius 3 is 2.78 bits per heavy atom. The summed E-state index contributed by atoms with van der Waals surface area (Å²) in [4.78, 5) is 4.23. The maximum atomic E-state index is 12.4. The second-order valence-corrected chi connectivity index (χ2v) is 5.82. The van der Waals surface area contributed by atoms with Crippen molar-refractivity contribution in [3.05, 3.63) is 42.6 Å². The zero-order chi connectivity index (χ0) is 19.3. The molecule has 0 unspecified atom stereocenters. The largest absolute Gasteiger partial charge is 0.573 e. The minimum atomic E-state index is -4.75. The van der Waals surface area contributed by atoms with Gasteiger partial charge in [0, 0.05) is 11.6 Å². The molecule has 0 aliphatic heterocycles. The Labute approximate surface area is 153 Å². The van der Waals surface area contributed by atoms with Crippen molar-refractivity contribution >= 4 is 5.65 Å². The van der Waals surface area contributed by atoms with E-state index in [2.05, 4.69) is 20.1 Å². The average Bonchev–Trinajstić information content (AvgIpc) is 3.03. The van der Waals surface area contributed by atoms with Crippen LogP contribution in [0.5, 0.6) is 11.6 Å². The van der Waals surface area contributed by atoms with Crippen LogP contribution in [-0.2, 0) is 0 Å². The van der Waals surface area contributed by atoms with Gasteiger partial charge in [0.2, 0.25) is 5.88 Å². The van der Waals surface area contributed by atoms with Gasteiger partial charge in [-0.3, -0.25) is 0 Å². The predicted molar refractivity (Wildman–Crippen MR) is 93.8 cm³/mol. The van der Waals surface area contributed by atoms with E-state index in [0.717, 1.165) is 19.4 Å². The number of hydrogen-bond acceptors (Lipinski definition) is 5. The van der Waals surface area contributed by atoms with E-state index < -0.39 is 6.36 Å². The van der Waals surface area contributed by atoms with Crippen molar-refractivity contribution in [1.29, 1.82) is 0 Å². The predicted octanol–water partition coefficient (Wildman–Crippen LogP) is 3.67. The van der Waals surface area contributed by atoms with Gasteiger partial charge in [-0.1, -0.05) is 12.1 Å². The van der Waals surface area contributed by atoms with Crippen molar-refractivity contribution in [1.82, 2.24) is 19.9 Å². The first kappa shape index (κ1) is 19.0. The Balaban J connectivity index is 1.81. The summed E-state index contributed by atoms with van der Waals surface area (Å²) in [5.74, 6) is 0.126. The highest BCUT2D eigenvalue weighted by molar-refractivity contribution is 5.64. The molecule has 144 valence electrons. The van der Waals surface area contributed by atoms with Crippen molar-refractivity contribution < 1.29 is 22.6 Å². The third-order valence-corrected chi connectivity index (χ3v) is 3.77. The monoisotopic (exact) mass is 380 g/mol. The lowest BCUT2D eigenvalue weighted by molar-refractivity contribution is -0.274. The molecule has 0 radical (unpaired) electrons. The molecular formula is C18H19F3N4O2. The Morgan fingerprint density at radius 1 is 1.15 bits per heavy atom. The van der Waals surface area contributed by atoms with Crippen molar-refractivity contribution in [3.8, 4) is 22.9 Å². The summed E-state index contributed by atoms with van der Waals surface area (Å²) in [5.41, 5.74) is 1.61. The van der Waals surface area contributed by atoms with Crippen LogP contribution < -0.4 is 14.8 Å². The number of fused-ring (bicyclic) bond motifs is 1. The molecule has 0 atom stereocenters. The summed E-state index contributed by atoms with van der Waals surface area (Å²) in [7, 11) is 1.89. The third-order valence-electron chi connectivity index (χ3n) is 3.77. The molecule has 0 spiro atoms. The topological polar surface area (TPSA) is 60.7 Å². The van der Waals surface area contributed by atoms with E-state index in [0.29, 0.717) is 29.4 Å². The zero-order valence-corrected chi connectivity index (χ0v) is 14.7. The number of alkyl halides is 3. The molecule has 2 aromatic heterocycles. The summed E-state index contributed by atoms with van der Waals surface area (Å²) >= 11 is 0. The third kappa shape index (κ3) is 5.10. The van der Waals surface area contributed by atoms with Crippen molar-refractivity contribution in [2.45, 2.75) is 19.2 Å². The second kappa shape index (κ2) is 8.26. The Kier molecular flexibility index (Phi) is 5.80. The fraction of sp³-hybridized carbons (Fsp3) is 0.333. The average molecular weight is 380 g/mol. The van der Waals surface area contributed by atoms with Gasteiger partial charge < -0.3 is 14.8 Å². The van der Waals surface area contributed by atoms with Gasteiger partial charge in [0.25, 0.3) is 0 Å². The SMILES string of the molecule is CNCCCCOc1ccc2ncc(-c3cccc(OC(F)(F)F)c3)n2n1. The lowest BCUT2D eigenvalue weighted by atomic mass is 10.1. The number of ether oxygens (including phenoxy) is 2. The normalized spacial score (nSPS) is 11.7. The fourth-order valence-corrected chi connectivity index (χ4v) is 2.56. The van der Waals surface area contributed by atoms with Crippen molar-refractivity contribution in [3.63, 3.8) is 0 Å². The minimum Gasteiger partial charge on any atom is -0.477 e. The maximum Gasteiger partial charge on any atom is 0.573 e. The molecule has 9 heteroatoms. The number of rotatable bonds is 8. The van der Waals surface area contributed by atoms with E-state index in [4.69, 9.17) is 4.74 Å². The smallest absolute Gasteiger partial charge is 0.477 e. The van der Waals surface area contributed by atoms with E-state index in [1.54, 1.807) is 24.4 Å². The van der Waals surface area contributed by atoms with Crippen LogP contribution in [0.2, 0.25) is 0 Å². The molecule has 27 heavy (non-hydrogen) atoms. The number of nitrogens with zero attached hydrogens (tertiary/aromatic N) is 3. The van der Waals surface area contributed by atoms with Crippen LogP contribution in [0.4, 0.5) is 13.2 Å². The number of nitrogens with one attached hydrogen (secondary N) is 1. The molecular weight excluding hydrogens is 361 g/mol. The summed E-state index contributed by atoms with van der Waals surface area (Å²) in [5, 5.41) is 7.45. The summed E-state index contributed by atoms with van der Waals surface area (Å²) in [6.07, 6.45) is -1.33. The molecule has 6 nitrogen and oxygen atoms in total. The lowest BCUT2D eigenvalue weighted by Gasteiger charge is -2.10. The molecule has 0 fully saturated rings. The zero-order valence-electron chi connectivity index (χ0n) is 14.7. The molecule has 1 N–H and O–H groups in total. The summed E-state index contributed by atoms with van der Waals surface area (Å²) < 4.78 is 48.5. The number of halogens is 3. The number of unbranched alkanes of at least 4 members (excludes halogenated alkanes) is 1. The van der Waals surface area contributed by atoms with Gasteiger partial charge in [-0.15, -0.1) is 18.3 Å². The molecule has 0 aliphatic carbocycles. The quantitative estimate of drug-likeness (QED) is 0.604. The maximum absolute atomic E-state index is 12.4. The fourth-order valence-electron chi connectivity index (χ4n) is 2.56. The molecule has 1 aromatic carbocycles. The Bertz CT molecular complexity index is 896. The van der Waals surface area contributed by atoms with E-state index in [1.165, 1.54) is 22.7 Å². The Morgan fingerprint density at radius 2 is 2.00 bits per heavy atom. The number of benzene rings is 1. The molecule has 2 heterocycles. The number of imidazole rings is 1. The van der Waals surface area contributed by atoms with Gasteiger partial charge >= 0.3 is 6.36 Å². The molecule has 0 amide bonds. The standard InChI is InChI=1S/C18H19F3N4O2/c1-22-9-2-3-10-26-17-8-7-16-23-12-15(25(16)24-17)13-5-4-6-14(11-13)27-18(19,20)21/h4-8,11-12,22H,2-3,9-10H2,1H3. The van der Waals surface area contributed by atoms with Crippen LogP contribution in [0, 0.1) is 0 Å². The molecule has 3 rings (SSSR count). The molecule has 3 aromatic rings. The summed E-state index contributed by atoms with van der Waals surface area (Å²) in [6.45, 7) is 1.44. The second-order valence-electron chi connectivity index (χ2n) is 5.82. The lowest BCUT2D eigenvalue weighted by Crippen LogP contribution is -2.17. The highest BCUT2D eigenvalue weighted by Crippen LogP contribution is 2.28. The molecule has 0 saturated carbocycles. The van der Waals surface area contributed by atoms with Gasteiger partial charge in [-0.25, -0.2) is 9.50 Å². The van der Waals surface area contributed by atoms with Gasteiger partial charge in [0.15, 0.2) is 5.65 Å². The summed E-state index contributed by atoms with van der Waals surface area (Å²) in [6, 6.07) is 9.15. The van der Waals surface area contributed by atoms with Crippen LogP contribution in [0.1, 0.15) is 12.8 Å². The Hall–Kier alpha value is -2.81. The van der Waals surface area contributed by atoms with Crippen LogP contribution in [-0.4, -0.2) is 41.2 Å². The first-order chi connectivity index (χ1) is 13.0. The first-order valence-corrected chi connectivity index (χ1v) is 8.44. The number of hydrogen-bond donors (Lipinski definition) is 1. The van der Waals surface area contributed by atoms with E-state index in [1.807, 2.05) is 7.05 Å².